The first-order valence-electron chi connectivity index (χ1n) is 9.98. The number of anilines is 1. The molecular weight excluding hydrogens is 358 g/mol. The smallest absolute Gasteiger partial charge is 0.277 e. The summed E-state index contributed by atoms with van der Waals surface area (Å²) in [5, 5.41) is 14.4. The summed E-state index contributed by atoms with van der Waals surface area (Å²) in [4.78, 5) is 12.5. The van der Waals surface area contributed by atoms with Crippen LogP contribution < -0.4 is 15.4 Å². The number of piperidine rings is 1. The highest BCUT2D eigenvalue weighted by molar-refractivity contribution is 6.02. The lowest BCUT2D eigenvalue weighted by atomic mass is 10.1. The van der Waals surface area contributed by atoms with Gasteiger partial charge in [-0.25, -0.2) is 4.68 Å². The minimum atomic E-state index is -0.252. The van der Waals surface area contributed by atoms with Gasteiger partial charge >= 0.3 is 0 Å². The van der Waals surface area contributed by atoms with Crippen LogP contribution in [-0.2, 0) is 4.74 Å². The molecule has 0 saturated carbocycles. The molecule has 2 aliphatic rings. The number of hydrogen-bond acceptors (Lipinski definition) is 6. The Labute approximate surface area is 164 Å². The van der Waals surface area contributed by atoms with Crippen molar-refractivity contribution in [1.82, 2.24) is 20.3 Å². The molecule has 8 nitrogen and oxygen atoms in total. The van der Waals surface area contributed by atoms with Crippen LogP contribution in [0.25, 0.3) is 0 Å². The summed E-state index contributed by atoms with van der Waals surface area (Å²) in [6.45, 7) is 5.41. The zero-order valence-corrected chi connectivity index (χ0v) is 16.2. The molecule has 1 amide bonds. The van der Waals surface area contributed by atoms with E-state index in [1.807, 2.05) is 29.8 Å². The molecule has 0 aliphatic carbocycles. The van der Waals surface area contributed by atoms with Crippen molar-refractivity contribution < 1.29 is 14.3 Å². The second-order valence-corrected chi connectivity index (χ2v) is 7.43. The highest BCUT2D eigenvalue weighted by Crippen LogP contribution is 2.25. The van der Waals surface area contributed by atoms with Crippen LogP contribution in [0, 0.1) is 6.92 Å². The van der Waals surface area contributed by atoms with Crippen molar-refractivity contribution in [2.24, 2.45) is 0 Å². The van der Waals surface area contributed by atoms with E-state index in [0.29, 0.717) is 11.7 Å². The summed E-state index contributed by atoms with van der Waals surface area (Å²) in [6, 6.07) is 5.99. The fraction of sp³-hybridized carbons (Fsp3) is 0.550. The van der Waals surface area contributed by atoms with Gasteiger partial charge in [-0.1, -0.05) is 5.21 Å². The summed E-state index contributed by atoms with van der Waals surface area (Å²) in [5.41, 5.74) is 2.04. The maximum atomic E-state index is 12.5. The van der Waals surface area contributed by atoms with Gasteiger partial charge in [0.15, 0.2) is 5.69 Å². The molecule has 2 N–H and O–H groups in total. The predicted molar refractivity (Wildman–Crippen MR) is 105 cm³/mol. The molecule has 150 valence electrons. The van der Waals surface area contributed by atoms with Gasteiger partial charge < -0.3 is 20.1 Å². The van der Waals surface area contributed by atoms with Gasteiger partial charge in [-0.3, -0.25) is 4.79 Å². The van der Waals surface area contributed by atoms with E-state index in [0.717, 1.165) is 69.0 Å². The van der Waals surface area contributed by atoms with E-state index in [1.54, 1.807) is 6.20 Å². The molecule has 1 aromatic heterocycles. The van der Waals surface area contributed by atoms with E-state index in [-0.39, 0.29) is 12.0 Å². The van der Waals surface area contributed by atoms with Crippen molar-refractivity contribution in [3.8, 4) is 5.75 Å². The predicted octanol–water partition coefficient (Wildman–Crippen LogP) is 2.32. The summed E-state index contributed by atoms with van der Waals surface area (Å²) in [7, 11) is 0. The van der Waals surface area contributed by atoms with E-state index < -0.39 is 0 Å². The molecule has 1 aromatic carbocycles. The van der Waals surface area contributed by atoms with Gasteiger partial charge in [-0.2, -0.15) is 0 Å². The number of benzene rings is 1. The van der Waals surface area contributed by atoms with Crippen LogP contribution in [0.1, 0.15) is 47.8 Å². The average Bonchev–Trinajstić information content (AvgIpc) is 3.22. The Morgan fingerprint density at radius 2 is 2.04 bits per heavy atom. The van der Waals surface area contributed by atoms with Crippen LogP contribution in [0.5, 0.6) is 5.75 Å². The second kappa shape index (κ2) is 8.70. The van der Waals surface area contributed by atoms with Crippen LogP contribution in [0.4, 0.5) is 5.69 Å². The maximum Gasteiger partial charge on any atom is 0.277 e. The first-order chi connectivity index (χ1) is 13.7. The van der Waals surface area contributed by atoms with Crippen molar-refractivity contribution in [2.75, 3.05) is 31.6 Å². The lowest BCUT2D eigenvalue weighted by Crippen LogP contribution is -2.29. The number of aromatic nitrogens is 3. The second-order valence-electron chi connectivity index (χ2n) is 7.43. The third-order valence-corrected chi connectivity index (χ3v) is 5.32. The molecule has 28 heavy (non-hydrogen) atoms. The van der Waals surface area contributed by atoms with E-state index in [4.69, 9.17) is 9.47 Å². The van der Waals surface area contributed by atoms with Crippen LogP contribution in [0.15, 0.2) is 24.4 Å². The third kappa shape index (κ3) is 4.51. The number of carbonyl (C=O) groups is 1. The molecule has 0 unspecified atom stereocenters. The molecule has 0 atom stereocenters. The Morgan fingerprint density at radius 3 is 2.79 bits per heavy atom. The highest BCUT2D eigenvalue weighted by atomic mass is 16.5. The third-order valence-electron chi connectivity index (χ3n) is 5.32. The SMILES string of the molecule is Cc1cc(NC(=O)c2cn(C3CCNCC3)nn2)ccc1OC1CCOCC1. The van der Waals surface area contributed by atoms with Crippen molar-refractivity contribution in [1.29, 1.82) is 0 Å². The number of nitrogens with one attached hydrogen (secondary N) is 2. The van der Waals surface area contributed by atoms with Gasteiger partial charge in [0.25, 0.3) is 5.91 Å². The molecule has 8 heteroatoms. The molecule has 3 heterocycles. The van der Waals surface area contributed by atoms with Crippen molar-refractivity contribution in [2.45, 2.75) is 44.8 Å². The normalized spacial score (nSPS) is 18.8. The number of hydrogen-bond donors (Lipinski definition) is 2. The number of amides is 1. The van der Waals surface area contributed by atoms with Crippen LogP contribution in [-0.4, -0.2) is 53.3 Å². The fourth-order valence-corrected chi connectivity index (χ4v) is 3.66. The minimum Gasteiger partial charge on any atom is -0.490 e. The number of rotatable bonds is 5. The van der Waals surface area contributed by atoms with Gasteiger partial charge in [0.05, 0.1) is 25.5 Å². The highest BCUT2D eigenvalue weighted by Gasteiger charge is 2.19. The molecule has 2 aliphatic heterocycles. The van der Waals surface area contributed by atoms with Crippen molar-refractivity contribution in [3.05, 3.63) is 35.7 Å². The molecule has 2 fully saturated rings. The molecule has 0 bridgehead atoms. The average molecular weight is 385 g/mol. The Bertz CT molecular complexity index is 810. The molecule has 4 rings (SSSR count). The Hall–Kier alpha value is -2.45. The lowest BCUT2D eigenvalue weighted by Gasteiger charge is -2.24. The number of carbonyl (C=O) groups excluding carboxylic acids is 1. The molecular formula is C20H27N5O3. The van der Waals surface area contributed by atoms with Gasteiger partial charge in [-0.05, 0) is 56.6 Å². The molecule has 2 aromatic rings. The monoisotopic (exact) mass is 385 g/mol. The topological polar surface area (TPSA) is 90.3 Å². The lowest BCUT2D eigenvalue weighted by molar-refractivity contribution is 0.0253. The zero-order chi connectivity index (χ0) is 19.3. The van der Waals surface area contributed by atoms with Gasteiger partial charge in [0.1, 0.15) is 11.9 Å². The molecule has 2 saturated heterocycles. The van der Waals surface area contributed by atoms with Crippen LogP contribution >= 0.6 is 0 Å². The Kier molecular flexibility index (Phi) is 5.87. The van der Waals surface area contributed by atoms with E-state index in [1.165, 1.54) is 0 Å². The van der Waals surface area contributed by atoms with Crippen LogP contribution in [0.3, 0.4) is 0 Å². The van der Waals surface area contributed by atoms with Gasteiger partial charge in [0, 0.05) is 18.5 Å². The number of ether oxygens (including phenoxy) is 2. The van der Waals surface area contributed by atoms with Gasteiger partial charge in [-0.15, -0.1) is 5.10 Å². The maximum absolute atomic E-state index is 12.5. The molecule has 0 radical (unpaired) electrons. The van der Waals surface area contributed by atoms with Gasteiger partial charge in [0.2, 0.25) is 0 Å². The largest absolute Gasteiger partial charge is 0.490 e. The molecule has 0 spiro atoms. The first-order valence-corrected chi connectivity index (χ1v) is 9.98. The van der Waals surface area contributed by atoms with E-state index in [9.17, 15) is 4.79 Å². The number of aryl methyl sites for hydroxylation is 1. The van der Waals surface area contributed by atoms with Crippen LogP contribution in [0.2, 0.25) is 0 Å². The summed E-state index contributed by atoms with van der Waals surface area (Å²) in [6.07, 6.45) is 5.74. The summed E-state index contributed by atoms with van der Waals surface area (Å²) >= 11 is 0. The summed E-state index contributed by atoms with van der Waals surface area (Å²) < 4.78 is 13.3. The standard InChI is InChI=1S/C20H27N5O3/c1-14-12-15(2-3-19(14)28-17-6-10-27-11-7-17)22-20(26)18-13-25(24-23-18)16-4-8-21-9-5-16/h2-3,12-13,16-17,21H,4-11H2,1H3,(H,22,26). The minimum absolute atomic E-state index is 0.193. The Morgan fingerprint density at radius 1 is 1.25 bits per heavy atom. The fourth-order valence-electron chi connectivity index (χ4n) is 3.66. The summed E-state index contributed by atoms with van der Waals surface area (Å²) in [5.74, 6) is 0.597. The zero-order valence-electron chi connectivity index (χ0n) is 16.2. The van der Waals surface area contributed by atoms with Crippen molar-refractivity contribution >= 4 is 11.6 Å². The van der Waals surface area contributed by atoms with E-state index in [2.05, 4.69) is 20.9 Å². The Balaban J connectivity index is 1.37. The first kappa shape index (κ1) is 18.9. The van der Waals surface area contributed by atoms with Crippen molar-refractivity contribution in [3.63, 3.8) is 0 Å². The quantitative estimate of drug-likeness (QED) is 0.821. The van der Waals surface area contributed by atoms with E-state index >= 15 is 0 Å². The number of nitrogens with zero attached hydrogens (tertiary/aromatic N) is 3.